The molecule has 1 unspecified atom stereocenters. The molecule has 0 aliphatic heterocycles. The predicted molar refractivity (Wildman–Crippen MR) is 73.1 cm³/mol. The molecule has 0 spiro atoms. The molecule has 7 heteroatoms. The van der Waals surface area contributed by atoms with E-state index in [1.165, 1.54) is 11.2 Å². The fourth-order valence-electron chi connectivity index (χ4n) is 1.53. The Kier molecular flexibility index (Phi) is 4.86. The molecule has 1 rings (SSSR count). The van der Waals surface area contributed by atoms with E-state index in [4.69, 9.17) is 4.74 Å². The molecule has 0 radical (unpaired) electrons. The van der Waals surface area contributed by atoms with Crippen LogP contribution in [0.2, 0.25) is 0 Å². The van der Waals surface area contributed by atoms with Gasteiger partial charge in [-0.05, 0) is 34.1 Å². The van der Waals surface area contributed by atoms with Crippen molar-refractivity contribution in [3.63, 3.8) is 0 Å². The quantitative estimate of drug-likeness (QED) is 0.765. The summed E-state index contributed by atoms with van der Waals surface area (Å²) in [5.74, 6) is 0. The molecule has 0 saturated heterocycles. The van der Waals surface area contributed by atoms with E-state index in [2.05, 4.69) is 10.1 Å². The van der Waals surface area contributed by atoms with Crippen molar-refractivity contribution in [1.29, 1.82) is 0 Å². The molecule has 0 aliphatic carbocycles. The molecule has 0 fully saturated rings. The van der Waals surface area contributed by atoms with Crippen LogP contribution in [0.4, 0.5) is 4.79 Å². The lowest BCUT2D eigenvalue weighted by Crippen LogP contribution is -2.50. The van der Waals surface area contributed by atoms with Crippen LogP contribution in [0.5, 0.6) is 0 Å². The normalized spacial score (nSPS) is 14.4. The van der Waals surface area contributed by atoms with E-state index in [9.17, 15) is 9.59 Å². The topological polar surface area (TPSA) is 77.3 Å². The number of likely N-dealkylation sites (N-methyl/N-ethyl adjacent to an activating group) is 1. The zero-order valence-electron chi connectivity index (χ0n) is 12.7. The first kappa shape index (κ1) is 16.1. The predicted octanol–water partition coefficient (Wildman–Crippen LogP) is 1.49. The first-order valence-corrected chi connectivity index (χ1v) is 6.43. The summed E-state index contributed by atoms with van der Waals surface area (Å²) in [4.78, 5) is 28.6. The Morgan fingerprint density at radius 3 is 2.50 bits per heavy atom. The maximum Gasteiger partial charge on any atom is 0.410 e. The molecule has 7 nitrogen and oxygen atoms in total. The summed E-state index contributed by atoms with van der Waals surface area (Å²) in [6, 6.07) is 0. The maximum absolute atomic E-state index is 12.0. The van der Waals surface area contributed by atoms with Crippen LogP contribution in [0.15, 0.2) is 12.7 Å². The van der Waals surface area contributed by atoms with Crippen molar-refractivity contribution in [2.75, 3.05) is 7.05 Å². The van der Waals surface area contributed by atoms with Gasteiger partial charge in [0.1, 0.15) is 30.1 Å². The first-order valence-electron chi connectivity index (χ1n) is 6.43. The number of aromatic nitrogens is 3. The number of aryl methyl sites for hydroxylation is 1. The van der Waals surface area contributed by atoms with Crippen LogP contribution in [0, 0.1) is 0 Å². The van der Waals surface area contributed by atoms with Crippen molar-refractivity contribution in [2.24, 2.45) is 0 Å². The number of hydrogen-bond donors (Lipinski definition) is 0. The SMILES string of the molecule is CN(C(=O)OC(C)(C)C)C(C)(C=O)CCn1cncn1. The number of ether oxygens (including phenoxy) is 1. The fraction of sp³-hybridized carbons (Fsp3) is 0.692. The molecule has 1 amide bonds. The highest BCUT2D eigenvalue weighted by molar-refractivity contribution is 5.76. The molecule has 112 valence electrons. The van der Waals surface area contributed by atoms with E-state index < -0.39 is 17.2 Å². The largest absolute Gasteiger partial charge is 0.444 e. The van der Waals surface area contributed by atoms with Gasteiger partial charge in [0.05, 0.1) is 0 Å². The summed E-state index contributed by atoms with van der Waals surface area (Å²) in [5.41, 5.74) is -1.55. The Morgan fingerprint density at radius 2 is 2.05 bits per heavy atom. The van der Waals surface area contributed by atoms with Gasteiger partial charge in [0.2, 0.25) is 0 Å². The summed E-state index contributed by atoms with van der Waals surface area (Å²) in [7, 11) is 1.56. The molecule has 0 saturated carbocycles. The minimum absolute atomic E-state index is 0.426. The smallest absolute Gasteiger partial charge is 0.410 e. The molecule has 1 heterocycles. The third-order valence-electron chi connectivity index (χ3n) is 3.00. The number of carbonyl (C=O) groups is 2. The first-order chi connectivity index (χ1) is 9.18. The van der Waals surface area contributed by atoms with Gasteiger partial charge in [-0.1, -0.05) is 0 Å². The number of hydrogen-bond acceptors (Lipinski definition) is 5. The fourth-order valence-corrected chi connectivity index (χ4v) is 1.53. The lowest BCUT2D eigenvalue weighted by Gasteiger charge is -2.35. The second-order valence-corrected chi connectivity index (χ2v) is 5.92. The zero-order chi connectivity index (χ0) is 15.4. The van der Waals surface area contributed by atoms with Crippen LogP contribution in [0.25, 0.3) is 0 Å². The van der Waals surface area contributed by atoms with E-state index >= 15 is 0 Å². The van der Waals surface area contributed by atoms with Gasteiger partial charge in [0.25, 0.3) is 0 Å². The highest BCUT2D eigenvalue weighted by Crippen LogP contribution is 2.19. The van der Waals surface area contributed by atoms with Crippen molar-refractivity contribution in [3.8, 4) is 0 Å². The molecule has 0 aliphatic rings. The third kappa shape index (κ3) is 4.32. The summed E-state index contributed by atoms with van der Waals surface area (Å²) >= 11 is 0. The van der Waals surface area contributed by atoms with Gasteiger partial charge in [-0.25, -0.2) is 9.78 Å². The molecular weight excluding hydrogens is 260 g/mol. The van der Waals surface area contributed by atoms with Crippen molar-refractivity contribution in [3.05, 3.63) is 12.7 Å². The lowest BCUT2D eigenvalue weighted by molar-refractivity contribution is -0.117. The molecule has 0 bridgehead atoms. The van der Waals surface area contributed by atoms with E-state index in [1.54, 1.807) is 45.8 Å². The third-order valence-corrected chi connectivity index (χ3v) is 3.00. The van der Waals surface area contributed by atoms with Gasteiger partial charge in [0, 0.05) is 13.6 Å². The maximum atomic E-state index is 12.0. The lowest BCUT2D eigenvalue weighted by atomic mass is 9.98. The average Bonchev–Trinajstić information content (AvgIpc) is 2.86. The highest BCUT2D eigenvalue weighted by Gasteiger charge is 2.34. The zero-order valence-corrected chi connectivity index (χ0v) is 12.7. The second kappa shape index (κ2) is 6.02. The van der Waals surface area contributed by atoms with Crippen molar-refractivity contribution in [1.82, 2.24) is 19.7 Å². The van der Waals surface area contributed by atoms with Crippen LogP contribution in [0.3, 0.4) is 0 Å². The summed E-state index contributed by atoms with van der Waals surface area (Å²) in [6.07, 6.45) is 3.66. The molecule has 20 heavy (non-hydrogen) atoms. The number of nitrogens with zero attached hydrogens (tertiary/aromatic N) is 4. The number of rotatable bonds is 5. The Labute approximate surface area is 118 Å². The van der Waals surface area contributed by atoms with Crippen LogP contribution in [-0.2, 0) is 16.1 Å². The molecular formula is C13H22N4O3. The summed E-state index contributed by atoms with van der Waals surface area (Å²) in [5, 5.41) is 3.97. The monoisotopic (exact) mass is 282 g/mol. The van der Waals surface area contributed by atoms with Crippen LogP contribution >= 0.6 is 0 Å². The van der Waals surface area contributed by atoms with Gasteiger partial charge in [-0.2, -0.15) is 5.10 Å². The molecule has 1 atom stereocenters. The van der Waals surface area contributed by atoms with Gasteiger partial charge in [0.15, 0.2) is 0 Å². The van der Waals surface area contributed by atoms with Gasteiger partial charge < -0.3 is 9.53 Å². The summed E-state index contributed by atoms with van der Waals surface area (Å²) in [6.45, 7) is 7.54. The Bertz CT molecular complexity index is 453. The minimum atomic E-state index is -0.950. The van der Waals surface area contributed by atoms with E-state index in [-0.39, 0.29) is 0 Å². The molecule has 0 N–H and O–H groups in total. The number of aldehydes is 1. The second-order valence-electron chi connectivity index (χ2n) is 5.92. The van der Waals surface area contributed by atoms with Crippen LogP contribution in [-0.4, -0.2) is 50.2 Å². The van der Waals surface area contributed by atoms with E-state index in [0.29, 0.717) is 13.0 Å². The Balaban J connectivity index is 2.71. The minimum Gasteiger partial charge on any atom is -0.444 e. The Hall–Kier alpha value is -1.92. The number of carbonyl (C=O) groups excluding carboxylic acids is 2. The van der Waals surface area contributed by atoms with Crippen molar-refractivity contribution < 1.29 is 14.3 Å². The van der Waals surface area contributed by atoms with E-state index in [0.717, 1.165) is 6.29 Å². The van der Waals surface area contributed by atoms with Gasteiger partial charge >= 0.3 is 6.09 Å². The summed E-state index contributed by atoms with van der Waals surface area (Å²) < 4.78 is 6.89. The van der Waals surface area contributed by atoms with E-state index in [1.807, 2.05) is 0 Å². The van der Waals surface area contributed by atoms with Crippen molar-refractivity contribution in [2.45, 2.75) is 51.8 Å². The highest BCUT2D eigenvalue weighted by atomic mass is 16.6. The Morgan fingerprint density at radius 1 is 1.40 bits per heavy atom. The molecule has 1 aromatic heterocycles. The van der Waals surface area contributed by atoms with Gasteiger partial charge in [-0.15, -0.1) is 0 Å². The molecule has 0 aromatic carbocycles. The standard InChI is InChI=1S/C13H22N4O3/c1-12(2,3)20-11(19)16(5)13(4,8-18)6-7-17-10-14-9-15-17/h8-10H,6-7H2,1-5H3. The van der Waals surface area contributed by atoms with Gasteiger partial charge in [-0.3, -0.25) is 9.58 Å². The number of amides is 1. The molecule has 1 aromatic rings. The average molecular weight is 282 g/mol. The van der Waals surface area contributed by atoms with Crippen LogP contribution in [0.1, 0.15) is 34.1 Å². The van der Waals surface area contributed by atoms with Crippen LogP contribution < -0.4 is 0 Å². The van der Waals surface area contributed by atoms with Crippen molar-refractivity contribution >= 4 is 12.4 Å².